The lowest BCUT2D eigenvalue weighted by Gasteiger charge is -2.42. The number of nitrogens with two attached hydrogens (primary N) is 1. The van der Waals surface area contributed by atoms with Crippen LogP contribution in [0.1, 0.15) is 20.8 Å². The van der Waals surface area contributed by atoms with Gasteiger partial charge in [0.15, 0.2) is 0 Å². The minimum absolute atomic E-state index is 0.0371. The van der Waals surface area contributed by atoms with E-state index in [0.29, 0.717) is 13.1 Å². The highest BCUT2D eigenvalue weighted by atomic mass is 16.4. The number of amides is 3. The van der Waals surface area contributed by atoms with Gasteiger partial charge in [-0.25, -0.2) is 4.79 Å². The van der Waals surface area contributed by atoms with E-state index in [2.05, 4.69) is 5.32 Å². The Morgan fingerprint density at radius 3 is 2.28 bits per heavy atom. The molecule has 0 aromatic rings. The van der Waals surface area contributed by atoms with Crippen LogP contribution in [0.5, 0.6) is 0 Å². The first kappa shape index (κ1) is 14.3. The monoisotopic (exact) mass is 257 g/mol. The Hall–Kier alpha value is -1.79. The van der Waals surface area contributed by atoms with Crippen molar-refractivity contribution in [1.82, 2.24) is 10.2 Å². The standard InChI is InChI=1S/C11H19N3O4/c1-6(8(15)16)7-4-14(5-7)10(18)13-11(2,3)9(12)17/h6-7H,4-5H2,1-3H3,(H2,12,17)(H,13,18)(H,15,16). The van der Waals surface area contributed by atoms with Gasteiger partial charge in [0.1, 0.15) is 5.54 Å². The van der Waals surface area contributed by atoms with Gasteiger partial charge in [0.25, 0.3) is 0 Å². The molecule has 1 aliphatic heterocycles. The molecular formula is C11H19N3O4. The lowest BCUT2D eigenvalue weighted by atomic mass is 9.87. The topological polar surface area (TPSA) is 113 Å². The van der Waals surface area contributed by atoms with Crippen LogP contribution in [-0.2, 0) is 9.59 Å². The number of urea groups is 1. The predicted molar refractivity (Wildman–Crippen MR) is 63.7 cm³/mol. The van der Waals surface area contributed by atoms with E-state index in [4.69, 9.17) is 10.8 Å². The number of likely N-dealkylation sites (tertiary alicyclic amines) is 1. The first-order chi connectivity index (χ1) is 8.15. The molecule has 0 aromatic carbocycles. The van der Waals surface area contributed by atoms with Gasteiger partial charge in [-0.15, -0.1) is 0 Å². The molecule has 0 bridgehead atoms. The molecule has 18 heavy (non-hydrogen) atoms. The lowest BCUT2D eigenvalue weighted by Crippen LogP contribution is -2.62. The Morgan fingerprint density at radius 1 is 1.39 bits per heavy atom. The average Bonchev–Trinajstić information content (AvgIpc) is 2.13. The summed E-state index contributed by atoms with van der Waals surface area (Å²) in [6.45, 7) is 5.42. The molecule has 1 aliphatic rings. The molecule has 0 saturated carbocycles. The van der Waals surface area contributed by atoms with E-state index in [1.807, 2.05) is 0 Å². The van der Waals surface area contributed by atoms with Crippen LogP contribution in [0.3, 0.4) is 0 Å². The van der Waals surface area contributed by atoms with E-state index >= 15 is 0 Å². The van der Waals surface area contributed by atoms with Crippen molar-refractivity contribution in [3.8, 4) is 0 Å². The van der Waals surface area contributed by atoms with Gasteiger partial charge in [-0.1, -0.05) is 6.92 Å². The van der Waals surface area contributed by atoms with Crippen molar-refractivity contribution in [3.05, 3.63) is 0 Å². The molecular weight excluding hydrogens is 238 g/mol. The lowest BCUT2D eigenvalue weighted by molar-refractivity contribution is -0.144. The second-order valence-electron chi connectivity index (χ2n) is 5.21. The number of nitrogens with one attached hydrogen (secondary N) is 1. The number of primary amides is 1. The average molecular weight is 257 g/mol. The molecule has 1 unspecified atom stereocenters. The third-order valence-corrected chi connectivity index (χ3v) is 3.33. The van der Waals surface area contributed by atoms with Gasteiger partial charge in [0.2, 0.25) is 5.91 Å². The largest absolute Gasteiger partial charge is 0.481 e. The highest BCUT2D eigenvalue weighted by molar-refractivity contribution is 5.89. The van der Waals surface area contributed by atoms with E-state index in [-0.39, 0.29) is 5.92 Å². The second-order valence-corrected chi connectivity index (χ2v) is 5.21. The highest BCUT2D eigenvalue weighted by Gasteiger charge is 2.39. The van der Waals surface area contributed by atoms with Gasteiger partial charge in [-0.2, -0.15) is 0 Å². The smallest absolute Gasteiger partial charge is 0.318 e. The second kappa shape index (κ2) is 4.83. The summed E-state index contributed by atoms with van der Waals surface area (Å²) in [7, 11) is 0. The van der Waals surface area contributed by atoms with Gasteiger partial charge >= 0.3 is 12.0 Å². The van der Waals surface area contributed by atoms with E-state index in [1.165, 1.54) is 18.7 Å². The van der Waals surface area contributed by atoms with Crippen LogP contribution >= 0.6 is 0 Å². The Labute approximate surface area is 105 Å². The fourth-order valence-electron chi connectivity index (χ4n) is 1.60. The number of hydrogen-bond donors (Lipinski definition) is 3. The summed E-state index contributed by atoms with van der Waals surface area (Å²) >= 11 is 0. The number of carboxylic acid groups (broad SMARTS) is 1. The van der Waals surface area contributed by atoms with Crippen molar-refractivity contribution in [2.75, 3.05) is 13.1 Å². The Balaban J connectivity index is 2.45. The van der Waals surface area contributed by atoms with Crippen LogP contribution in [0.15, 0.2) is 0 Å². The number of hydrogen-bond acceptors (Lipinski definition) is 3. The van der Waals surface area contributed by atoms with Gasteiger partial charge in [0, 0.05) is 19.0 Å². The van der Waals surface area contributed by atoms with Crippen LogP contribution in [0.4, 0.5) is 4.79 Å². The van der Waals surface area contributed by atoms with Crippen LogP contribution in [0.25, 0.3) is 0 Å². The summed E-state index contributed by atoms with van der Waals surface area (Å²) in [5.41, 5.74) is 4.03. The van der Waals surface area contributed by atoms with Crippen LogP contribution in [-0.4, -0.2) is 46.5 Å². The normalized spacial score (nSPS) is 17.8. The number of carbonyl (C=O) groups excluding carboxylic acids is 2. The number of nitrogens with zero attached hydrogens (tertiary/aromatic N) is 1. The van der Waals surface area contributed by atoms with E-state index in [1.54, 1.807) is 6.92 Å². The zero-order valence-corrected chi connectivity index (χ0v) is 10.8. The summed E-state index contributed by atoms with van der Waals surface area (Å²) in [5.74, 6) is -1.99. The van der Waals surface area contributed by atoms with Crippen molar-refractivity contribution in [3.63, 3.8) is 0 Å². The summed E-state index contributed by atoms with van der Waals surface area (Å²) < 4.78 is 0. The molecule has 0 spiro atoms. The minimum Gasteiger partial charge on any atom is -0.481 e. The Bertz CT molecular complexity index is 374. The van der Waals surface area contributed by atoms with Gasteiger partial charge in [-0.3, -0.25) is 9.59 Å². The fraction of sp³-hybridized carbons (Fsp3) is 0.727. The third kappa shape index (κ3) is 2.91. The zero-order chi connectivity index (χ0) is 14.1. The van der Waals surface area contributed by atoms with Crippen molar-refractivity contribution >= 4 is 17.9 Å². The van der Waals surface area contributed by atoms with Crippen LogP contribution in [0.2, 0.25) is 0 Å². The maximum absolute atomic E-state index is 11.7. The Morgan fingerprint density at radius 2 is 1.89 bits per heavy atom. The third-order valence-electron chi connectivity index (χ3n) is 3.33. The molecule has 1 rings (SSSR count). The zero-order valence-electron chi connectivity index (χ0n) is 10.8. The van der Waals surface area contributed by atoms with Gasteiger partial charge < -0.3 is 21.1 Å². The molecule has 0 radical (unpaired) electrons. The summed E-state index contributed by atoms with van der Waals surface area (Å²) in [4.78, 5) is 35.0. The van der Waals surface area contributed by atoms with Crippen molar-refractivity contribution < 1.29 is 19.5 Å². The van der Waals surface area contributed by atoms with E-state index < -0.39 is 29.4 Å². The predicted octanol–water partition coefficient (Wildman–Crippen LogP) is -0.388. The number of carboxylic acids is 1. The number of carbonyl (C=O) groups is 3. The first-order valence-corrected chi connectivity index (χ1v) is 5.75. The van der Waals surface area contributed by atoms with E-state index in [0.717, 1.165) is 0 Å². The quantitative estimate of drug-likeness (QED) is 0.636. The van der Waals surface area contributed by atoms with Crippen LogP contribution < -0.4 is 11.1 Å². The molecule has 1 atom stereocenters. The van der Waals surface area contributed by atoms with Crippen LogP contribution in [0, 0.1) is 11.8 Å². The maximum atomic E-state index is 11.7. The Kier molecular flexibility index (Phi) is 3.83. The van der Waals surface area contributed by atoms with Crippen molar-refractivity contribution in [2.24, 2.45) is 17.6 Å². The molecule has 0 aliphatic carbocycles. The van der Waals surface area contributed by atoms with Crippen molar-refractivity contribution in [1.29, 1.82) is 0 Å². The molecule has 7 heteroatoms. The maximum Gasteiger partial charge on any atom is 0.318 e. The number of rotatable bonds is 4. The summed E-state index contributed by atoms with van der Waals surface area (Å²) in [6.07, 6.45) is 0. The fourth-order valence-corrected chi connectivity index (χ4v) is 1.60. The van der Waals surface area contributed by atoms with Gasteiger partial charge in [-0.05, 0) is 13.8 Å². The molecule has 4 N–H and O–H groups in total. The molecule has 1 heterocycles. The number of aliphatic carboxylic acids is 1. The SMILES string of the molecule is CC(C(=O)O)C1CN(C(=O)NC(C)(C)C(N)=O)C1. The molecule has 3 amide bonds. The van der Waals surface area contributed by atoms with E-state index in [9.17, 15) is 14.4 Å². The van der Waals surface area contributed by atoms with Crippen molar-refractivity contribution in [2.45, 2.75) is 26.3 Å². The minimum atomic E-state index is -1.11. The summed E-state index contributed by atoms with van der Waals surface area (Å²) in [5, 5.41) is 11.3. The highest BCUT2D eigenvalue weighted by Crippen LogP contribution is 2.24. The van der Waals surface area contributed by atoms with Gasteiger partial charge in [0.05, 0.1) is 5.92 Å². The first-order valence-electron chi connectivity index (χ1n) is 5.75. The summed E-state index contributed by atoms with van der Waals surface area (Å²) in [6, 6.07) is -0.396. The molecule has 0 aromatic heterocycles. The molecule has 7 nitrogen and oxygen atoms in total. The molecule has 1 fully saturated rings. The molecule has 1 saturated heterocycles. The molecule has 102 valence electrons.